The molecule has 1 N–H and O–H groups in total. The number of hydrogen-bond donors (Lipinski definition) is 1. The van der Waals surface area contributed by atoms with Crippen molar-refractivity contribution in [1.82, 2.24) is 4.72 Å². The highest BCUT2D eigenvalue weighted by Gasteiger charge is 2.33. The molecule has 0 heterocycles. The Hall–Kier alpha value is -1.35. The van der Waals surface area contributed by atoms with E-state index in [-0.39, 0.29) is 0 Å². The average molecular weight is 301 g/mol. The zero-order valence-corrected chi connectivity index (χ0v) is 11.0. The van der Waals surface area contributed by atoms with Crippen LogP contribution < -0.4 is 9.46 Å². The summed E-state index contributed by atoms with van der Waals surface area (Å²) in [6.07, 6.45) is -0.774. The van der Waals surface area contributed by atoms with Crippen molar-refractivity contribution in [1.29, 1.82) is 0 Å². The molecule has 9 heteroatoms. The second kappa shape index (κ2) is 5.33. The highest BCUT2D eigenvalue weighted by Crippen LogP contribution is 2.34. The molecule has 1 aromatic rings. The first-order valence-electron chi connectivity index (χ1n) is 5.09. The monoisotopic (exact) mass is 301 g/mol. The van der Waals surface area contributed by atoms with Crippen LogP contribution in [0.3, 0.4) is 0 Å². The first-order valence-corrected chi connectivity index (χ1v) is 6.58. The minimum absolute atomic E-state index is 0.774. The Morgan fingerprint density at radius 1 is 1.00 bits per heavy atom. The van der Waals surface area contributed by atoms with Gasteiger partial charge in [0.25, 0.3) is 0 Å². The summed E-state index contributed by atoms with van der Waals surface area (Å²) in [6, 6.07) is 0. The van der Waals surface area contributed by atoms with Crippen LogP contribution in [-0.4, -0.2) is 21.6 Å². The van der Waals surface area contributed by atoms with E-state index in [0.29, 0.717) is 0 Å². The summed E-state index contributed by atoms with van der Waals surface area (Å²) < 4.78 is 82.8. The Labute approximate surface area is 107 Å². The molecular weight excluding hydrogens is 290 g/mol. The van der Waals surface area contributed by atoms with E-state index in [9.17, 15) is 26.0 Å². The molecule has 0 aromatic heterocycles. The maximum Gasteiger partial charge on any atom is 0.247 e. The topological polar surface area (TPSA) is 55.4 Å². The molecule has 0 aliphatic carbocycles. The summed E-state index contributed by atoms with van der Waals surface area (Å²) in [4.78, 5) is -1.40. The quantitative estimate of drug-likeness (QED) is 0.525. The summed E-state index contributed by atoms with van der Waals surface area (Å²) in [5.41, 5.74) is 0. The van der Waals surface area contributed by atoms with E-state index < -0.39 is 50.0 Å². The Morgan fingerprint density at radius 3 is 1.89 bits per heavy atom. The second-order valence-electron chi connectivity index (χ2n) is 3.79. The fraction of sp³-hybridized carbons (Fsp3) is 0.400. The standard InChI is InChI=1S/C10H11F4NO3S/c1-4(2)18-9-7(13)5(11)6(12)8(14)10(9)19(16,17)15-3/h4,15H,1-3H3. The number of nitrogens with one attached hydrogen (secondary N) is 1. The zero-order valence-electron chi connectivity index (χ0n) is 10.2. The van der Waals surface area contributed by atoms with Crippen molar-refractivity contribution in [2.24, 2.45) is 0 Å². The minimum atomic E-state index is -4.56. The van der Waals surface area contributed by atoms with Crippen molar-refractivity contribution in [3.05, 3.63) is 23.3 Å². The van der Waals surface area contributed by atoms with E-state index in [1.54, 1.807) is 4.72 Å². The summed E-state index contributed by atoms with van der Waals surface area (Å²) in [5.74, 6) is -9.49. The van der Waals surface area contributed by atoms with Crippen LogP contribution in [-0.2, 0) is 10.0 Å². The van der Waals surface area contributed by atoms with E-state index in [2.05, 4.69) is 0 Å². The molecule has 0 aliphatic heterocycles. The first kappa shape index (κ1) is 15.7. The highest BCUT2D eigenvalue weighted by molar-refractivity contribution is 7.89. The highest BCUT2D eigenvalue weighted by atomic mass is 32.2. The van der Waals surface area contributed by atoms with Gasteiger partial charge < -0.3 is 4.74 Å². The molecule has 1 rings (SSSR count). The van der Waals surface area contributed by atoms with E-state index in [4.69, 9.17) is 4.74 Å². The summed E-state index contributed by atoms with van der Waals surface area (Å²) in [7, 11) is -3.65. The van der Waals surface area contributed by atoms with Crippen LogP contribution in [0.5, 0.6) is 5.75 Å². The lowest BCUT2D eigenvalue weighted by Crippen LogP contribution is -2.24. The molecule has 108 valence electrons. The minimum Gasteiger partial charge on any atom is -0.486 e. The van der Waals surface area contributed by atoms with E-state index in [1.165, 1.54) is 13.8 Å². The molecule has 0 saturated carbocycles. The molecule has 0 saturated heterocycles. The van der Waals surface area contributed by atoms with Crippen LogP contribution >= 0.6 is 0 Å². The Bertz CT molecular complexity index is 602. The number of benzene rings is 1. The number of hydrogen-bond acceptors (Lipinski definition) is 3. The van der Waals surface area contributed by atoms with E-state index in [0.717, 1.165) is 7.05 Å². The van der Waals surface area contributed by atoms with Crippen LogP contribution in [0.1, 0.15) is 13.8 Å². The Morgan fingerprint density at radius 2 is 1.47 bits per heavy atom. The SMILES string of the molecule is CNS(=O)(=O)c1c(F)c(F)c(F)c(F)c1OC(C)C. The maximum absolute atomic E-state index is 13.6. The van der Waals surface area contributed by atoms with Gasteiger partial charge in [-0.1, -0.05) is 0 Å². The van der Waals surface area contributed by atoms with Gasteiger partial charge in [0.05, 0.1) is 6.10 Å². The first-order chi connectivity index (χ1) is 8.63. The van der Waals surface area contributed by atoms with Gasteiger partial charge in [-0.05, 0) is 20.9 Å². The average Bonchev–Trinajstić information content (AvgIpc) is 2.32. The zero-order chi connectivity index (χ0) is 15.0. The van der Waals surface area contributed by atoms with Crippen molar-refractivity contribution in [2.45, 2.75) is 24.8 Å². The fourth-order valence-corrected chi connectivity index (χ4v) is 2.19. The van der Waals surface area contributed by atoms with E-state index in [1.807, 2.05) is 0 Å². The smallest absolute Gasteiger partial charge is 0.247 e. The molecule has 1 aromatic carbocycles. The molecule has 19 heavy (non-hydrogen) atoms. The third-order valence-electron chi connectivity index (χ3n) is 2.07. The number of rotatable bonds is 4. The molecule has 0 unspecified atom stereocenters. The summed E-state index contributed by atoms with van der Waals surface area (Å²) in [6.45, 7) is 2.77. The lowest BCUT2D eigenvalue weighted by atomic mass is 10.3. The van der Waals surface area contributed by atoms with Crippen molar-refractivity contribution in [3.63, 3.8) is 0 Å². The summed E-state index contributed by atoms with van der Waals surface area (Å²) >= 11 is 0. The molecule has 0 aliphatic rings. The Kier molecular flexibility index (Phi) is 4.41. The van der Waals surface area contributed by atoms with Gasteiger partial charge in [0, 0.05) is 0 Å². The molecule has 0 atom stereocenters. The summed E-state index contributed by atoms with van der Waals surface area (Å²) in [5, 5.41) is 0. The van der Waals surface area contributed by atoms with Gasteiger partial charge in [0.15, 0.2) is 22.3 Å². The molecule has 0 spiro atoms. The van der Waals surface area contributed by atoms with Crippen molar-refractivity contribution in [2.75, 3.05) is 7.05 Å². The second-order valence-corrected chi connectivity index (χ2v) is 5.61. The lowest BCUT2D eigenvalue weighted by Gasteiger charge is -2.16. The third kappa shape index (κ3) is 2.81. The van der Waals surface area contributed by atoms with Crippen LogP contribution in [0.2, 0.25) is 0 Å². The lowest BCUT2D eigenvalue weighted by molar-refractivity contribution is 0.214. The third-order valence-corrected chi connectivity index (χ3v) is 3.51. The van der Waals surface area contributed by atoms with Crippen molar-refractivity contribution < 1.29 is 30.7 Å². The Balaban J connectivity index is 3.77. The predicted octanol–water partition coefficient (Wildman–Crippen LogP) is 1.94. The van der Waals surface area contributed by atoms with Gasteiger partial charge in [-0.25, -0.2) is 26.3 Å². The maximum atomic E-state index is 13.6. The van der Waals surface area contributed by atoms with Gasteiger partial charge >= 0.3 is 0 Å². The molecule has 0 radical (unpaired) electrons. The van der Waals surface area contributed by atoms with Crippen LogP contribution in [0.25, 0.3) is 0 Å². The largest absolute Gasteiger partial charge is 0.486 e. The molecule has 0 fully saturated rings. The number of ether oxygens (including phenoxy) is 1. The van der Waals surface area contributed by atoms with Crippen molar-refractivity contribution >= 4 is 10.0 Å². The molecule has 0 amide bonds. The van der Waals surface area contributed by atoms with Gasteiger partial charge in [-0.15, -0.1) is 0 Å². The van der Waals surface area contributed by atoms with Gasteiger partial charge in [-0.2, -0.15) is 4.39 Å². The van der Waals surface area contributed by atoms with Crippen molar-refractivity contribution in [3.8, 4) is 5.75 Å². The predicted molar refractivity (Wildman–Crippen MR) is 58.3 cm³/mol. The number of halogens is 4. The normalized spacial score (nSPS) is 12.0. The fourth-order valence-electron chi connectivity index (χ4n) is 1.27. The van der Waals surface area contributed by atoms with E-state index >= 15 is 0 Å². The van der Waals surface area contributed by atoms with Gasteiger partial charge in [-0.3, -0.25) is 0 Å². The van der Waals surface area contributed by atoms with Crippen LogP contribution in [0.4, 0.5) is 17.6 Å². The molecule has 4 nitrogen and oxygen atoms in total. The molecular formula is C10H11F4NO3S. The van der Waals surface area contributed by atoms with Crippen LogP contribution in [0.15, 0.2) is 4.90 Å². The van der Waals surface area contributed by atoms with Gasteiger partial charge in [0.1, 0.15) is 0 Å². The molecule has 0 bridgehead atoms. The van der Waals surface area contributed by atoms with Crippen LogP contribution in [0, 0.1) is 23.3 Å². The van der Waals surface area contributed by atoms with Gasteiger partial charge in [0.2, 0.25) is 21.7 Å². The number of sulfonamides is 1.